The fourth-order valence-corrected chi connectivity index (χ4v) is 4.23. The first-order chi connectivity index (χ1) is 17.0. The lowest BCUT2D eigenvalue weighted by atomic mass is 9.93. The lowest BCUT2D eigenvalue weighted by Gasteiger charge is -2.34. The summed E-state index contributed by atoms with van der Waals surface area (Å²) in [6, 6.07) is 14.6. The average Bonchev–Trinajstić information content (AvgIpc) is 3.24. The van der Waals surface area contributed by atoms with Crippen molar-refractivity contribution < 1.29 is 23.8 Å². The monoisotopic (exact) mass is 474 g/mol. The number of allylic oxidation sites excluding steroid dienone is 1. The van der Waals surface area contributed by atoms with E-state index in [1.807, 2.05) is 68.5 Å². The van der Waals surface area contributed by atoms with Gasteiger partial charge in [-0.25, -0.2) is 9.78 Å². The molecule has 0 radical (unpaired) electrons. The van der Waals surface area contributed by atoms with Crippen LogP contribution in [0.2, 0.25) is 0 Å². The number of hydrogen-bond donors (Lipinski definition) is 1. The van der Waals surface area contributed by atoms with Crippen LogP contribution >= 0.6 is 0 Å². The number of fused-ring (bicyclic) bond motifs is 1. The number of ether oxygens (including phenoxy) is 1. The molecule has 1 amide bonds. The van der Waals surface area contributed by atoms with Crippen molar-refractivity contribution in [2.24, 2.45) is 0 Å². The summed E-state index contributed by atoms with van der Waals surface area (Å²) >= 11 is 0. The Morgan fingerprint density at radius 2 is 1.97 bits per heavy atom. The number of carbonyl (C=O) groups excluding carboxylic acids is 1. The van der Waals surface area contributed by atoms with Crippen LogP contribution in [0.1, 0.15) is 42.3 Å². The number of aryl methyl sites for hydroxylation is 1. The van der Waals surface area contributed by atoms with Crippen molar-refractivity contribution in [1.29, 1.82) is 0 Å². The second-order valence-corrected chi connectivity index (χ2v) is 8.58. The summed E-state index contributed by atoms with van der Waals surface area (Å²) in [5.74, 6) is 0.874. The molecule has 2 aromatic carbocycles. The van der Waals surface area contributed by atoms with Gasteiger partial charge >= 0.3 is 5.97 Å². The van der Waals surface area contributed by atoms with E-state index in [0.717, 1.165) is 34.6 Å². The van der Waals surface area contributed by atoms with Crippen LogP contribution in [0.3, 0.4) is 0 Å². The first kappa shape index (κ1) is 24.3. The van der Waals surface area contributed by atoms with Crippen molar-refractivity contribution in [3.63, 3.8) is 0 Å². The number of nitrogens with zero attached hydrogens (tertiary/aromatic N) is 2. The maximum Gasteiger partial charge on any atom is 0.326 e. The minimum atomic E-state index is -0.985. The Morgan fingerprint density at radius 1 is 1.17 bits per heavy atom. The normalized spacial score (nSPS) is 15.3. The number of amides is 1. The SMILES string of the molecule is CC/C=C/CC(=O)N1Cc2cc(OCCc3nc(-c4ccccc4)oc3C)ccc2C[C@H]1C(=O)O. The van der Waals surface area contributed by atoms with Crippen LogP contribution in [0.25, 0.3) is 11.5 Å². The van der Waals surface area contributed by atoms with Gasteiger partial charge < -0.3 is 19.2 Å². The summed E-state index contributed by atoms with van der Waals surface area (Å²) in [4.78, 5) is 30.6. The largest absolute Gasteiger partial charge is 0.493 e. The molecule has 2 heterocycles. The molecule has 4 rings (SSSR count). The van der Waals surface area contributed by atoms with Crippen LogP contribution in [-0.2, 0) is 29.0 Å². The number of carboxylic acids is 1. The Morgan fingerprint density at radius 3 is 2.71 bits per heavy atom. The lowest BCUT2D eigenvalue weighted by Crippen LogP contribution is -2.48. The molecule has 1 aliphatic heterocycles. The third-order valence-corrected chi connectivity index (χ3v) is 6.13. The summed E-state index contributed by atoms with van der Waals surface area (Å²) in [6.07, 6.45) is 5.62. The number of benzene rings is 2. The van der Waals surface area contributed by atoms with Gasteiger partial charge in [0.2, 0.25) is 11.8 Å². The molecule has 35 heavy (non-hydrogen) atoms. The second-order valence-electron chi connectivity index (χ2n) is 8.58. The van der Waals surface area contributed by atoms with E-state index in [1.165, 1.54) is 4.90 Å². The first-order valence-electron chi connectivity index (χ1n) is 11.9. The molecule has 0 saturated heterocycles. The maximum atomic E-state index is 12.7. The Labute approximate surface area is 205 Å². The third-order valence-electron chi connectivity index (χ3n) is 6.13. The zero-order chi connectivity index (χ0) is 24.8. The number of carbonyl (C=O) groups is 2. The fraction of sp³-hybridized carbons (Fsp3) is 0.321. The summed E-state index contributed by atoms with van der Waals surface area (Å²) in [7, 11) is 0. The zero-order valence-electron chi connectivity index (χ0n) is 20.1. The number of hydrogen-bond acceptors (Lipinski definition) is 5. The molecule has 7 heteroatoms. The van der Waals surface area contributed by atoms with Crippen molar-refractivity contribution in [3.05, 3.63) is 83.3 Å². The quantitative estimate of drug-likeness (QED) is 0.441. The molecule has 1 aromatic heterocycles. The predicted molar refractivity (Wildman–Crippen MR) is 132 cm³/mol. The Bertz CT molecular complexity index is 1220. The van der Waals surface area contributed by atoms with Crippen molar-refractivity contribution in [1.82, 2.24) is 9.88 Å². The van der Waals surface area contributed by atoms with Gasteiger partial charge in [-0.2, -0.15) is 0 Å². The van der Waals surface area contributed by atoms with E-state index in [2.05, 4.69) is 4.98 Å². The highest BCUT2D eigenvalue weighted by Crippen LogP contribution is 2.28. The van der Waals surface area contributed by atoms with Crippen molar-refractivity contribution in [2.75, 3.05) is 6.61 Å². The number of aliphatic carboxylic acids is 1. The van der Waals surface area contributed by atoms with Gasteiger partial charge in [-0.3, -0.25) is 4.79 Å². The van der Waals surface area contributed by atoms with Gasteiger partial charge in [-0.1, -0.05) is 43.3 Å². The number of carboxylic acid groups (broad SMARTS) is 1. The molecule has 0 aliphatic carbocycles. The highest BCUT2D eigenvalue weighted by Gasteiger charge is 2.34. The van der Waals surface area contributed by atoms with Gasteiger partial charge in [0.25, 0.3) is 0 Å². The minimum absolute atomic E-state index is 0.185. The molecule has 7 nitrogen and oxygen atoms in total. The van der Waals surface area contributed by atoms with Crippen LogP contribution < -0.4 is 4.74 Å². The Hall–Kier alpha value is -3.87. The molecule has 1 atom stereocenters. The molecule has 0 bridgehead atoms. The predicted octanol–water partition coefficient (Wildman–Crippen LogP) is 4.97. The van der Waals surface area contributed by atoms with Gasteiger partial charge in [0.05, 0.1) is 12.3 Å². The topological polar surface area (TPSA) is 92.9 Å². The molecule has 0 unspecified atom stereocenters. The van der Waals surface area contributed by atoms with Crippen molar-refractivity contribution in [2.45, 2.75) is 52.1 Å². The van der Waals surface area contributed by atoms with Crippen LogP contribution in [0.15, 0.2) is 65.1 Å². The lowest BCUT2D eigenvalue weighted by molar-refractivity contribution is -0.151. The van der Waals surface area contributed by atoms with Crippen LogP contribution in [0.5, 0.6) is 5.75 Å². The molecule has 182 valence electrons. The molecular weight excluding hydrogens is 444 g/mol. The third kappa shape index (κ3) is 5.80. The van der Waals surface area contributed by atoms with Crippen molar-refractivity contribution >= 4 is 11.9 Å². The van der Waals surface area contributed by atoms with Gasteiger partial charge in [-0.05, 0) is 48.7 Å². The second kappa shape index (κ2) is 11.0. The van der Waals surface area contributed by atoms with E-state index in [4.69, 9.17) is 9.15 Å². The van der Waals surface area contributed by atoms with E-state index in [0.29, 0.717) is 24.7 Å². The van der Waals surface area contributed by atoms with Crippen LogP contribution in [0, 0.1) is 6.92 Å². The molecule has 0 spiro atoms. The van der Waals surface area contributed by atoms with E-state index in [9.17, 15) is 14.7 Å². The van der Waals surface area contributed by atoms with E-state index < -0.39 is 12.0 Å². The van der Waals surface area contributed by atoms with Gasteiger partial charge in [0.15, 0.2) is 0 Å². The summed E-state index contributed by atoms with van der Waals surface area (Å²) < 4.78 is 11.8. The number of oxazole rings is 1. The fourth-order valence-electron chi connectivity index (χ4n) is 4.23. The van der Waals surface area contributed by atoms with Crippen LogP contribution in [0.4, 0.5) is 0 Å². The molecule has 0 fully saturated rings. The average molecular weight is 475 g/mol. The molecular formula is C28H30N2O5. The van der Waals surface area contributed by atoms with Gasteiger partial charge in [0, 0.05) is 31.4 Å². The number of rotatable bonds is 9. The zero-order valence-corrected chi connectivity index (χ0v) is 20.1. The molecule has 1 N–H and O–H groups in total. The molecule has 0 saturated carbocycles. The van der Waals surface area contributed by atoms with E-state index in [-0.39, 0.29) is 25.3 Å². The highest BCUT2D eigenvalue weighted by molar-refractivity contribution is 5.85. The minimum Gasteiger partial charge on any atom is -0.493 e. The van der Waals surface area contributed by atoms with E-state index >= 15 is 0 Å². The van der Waals surface area contributed by atoms with Crippen LogP contribution in [-0.4, -0.2) is 39.5 Å². The number of aromatic nitrogens is 1. The molecule has 3 aromatic rings. The van der Waals surface area contributed by atoms with E-state index in [1.54, 1.807) is 6.08 Å². The molecule has 1 aliphatic rings. The van der Waals surface area contributed by atoms with Crippen molar-refractivity contribution in [3.8, 4) is 17.2 Å². The standard InChI is InChI=1S/C28H30N2O5/c1-3-4-6-11-26(31)30-18-22-16-23(13-12-21(22)17-25(30)28(32)33)34-15-14-24-19(2)35-27(29-24)20-9-7-5-8-10-20/h4-10,12-13,16,25H,3,11,14-15,17-18H2,1-2H3,(H,32,33)/b6-4+/t25-/m0/s1. The first-order valence-corrected chi connectivity index (χ1v) is 11.9. The summed E-state index contributed by atoms with van der Waals surface area (Å²) in [5.41, 5.74) is 3.62. The summed E-state index contributed by atoms with van der Waals surface area (Å²) in [5, 5.41) is 9.68. The Balaban J connectivity index is 1.41. The highest BCUT2D eigenvalue weighted by atomic mass is 16.5. The Kier molecular flexibility index (Phi) is 7.65. The summed E-state index contributed by atoms with van der Waals surface area (Å²) in [6.45, 7) is 4.56. The smallest absolute Gasteiger partial charge is 0.326 e. The van der Waals surface area contributed by atoms with Gasteiger partial charge in [0.1, 0.15) is 17.6 Å². The van der Waals surface area contributed by atoms with Gasteiger partial charge in [-0.15, -0.1) is 0 Å². The maximum absolute atomic E-state index is 12.7.